The predicted molar refractivity (Wildman–Crippen MR) is 157 cm³/mol. The maximum Gasteiger partial charge on any atom is 0.307 e. The second-order valence-corrected chi connectivity index (χ2v) is 12.4. The van der Waals surface area contributed by atoms with Gasteiger partial charge in [-0.25, -0.2) is 13.8 Å². The Labute approximate surface area is 250 Å². The van der Waals surface area contributed by atoms with Gasteiger partial charge in [-0.1, -0.05) is 6.92 Å². The Kier molecular flexibility index (Phi) is 8.77. The number of aryl methyl sites for hydroxylation is 2. The van der Waals surface area contributed by atoms with E-state index in [1.54, 1.807) is 19.2 Å². The molecule has 0 radical (unpaired) electrons. The summed E-state index contributed by atoms with van der Waals surface area (Å²) in [6.45, 7) is 7.54. The number of hydrogen-bond acceptors (Lipinski definition) is 6. The molecule has 7 nitrogen and oxygen atoms in total. The Balaban J connectivity index is 1.30. The highest BCUT2D eigenvalue weighted by atomic mass is 19.1. The van der Waals surface area contributed by atoms with Crippen LogP contribution in [0, 0.1) is 43.2 Å². The first-order chi connectivity index (χ1) is 20.4. The van der Waals surface area contributed by atoms with Gasteiger partial charge in [0, 0.05) is 42.0 Å². The van der Waals surface area contributed by atoms with Crippen LogP contribution >= 0.6 is 0 Å². The third-order valence-corrected chi connectivity index (χ3v) is 9.07. The number of carbonyl (C=O) groups is 1. The summed E-state index contributed by atoms with van der Waals surface area (Å²) in [5.74, 6) is -1.55. The number of benzene rings is 2. The molecule has 5 rings (SSSR count). The number of halogens is 2. The van der Waals surface area contributed by atoms with Crippen LogP contribution in [0.4, 0.5) is 8.78 Å². The van der Waals surface area contributed by atoms with Gasteiger partial charge in [-0.3, -0.25) is 4.79 Å². The second-order valence-electron chi connectivity index (χ2n) is 12.4. The smallest absolute Gasteiger partial charge is 0.307 e. The zero-order valence-electron chi connectivity index (χ0n) is 25.0. The lowest BCUT2D eigenvalue weighted by Crippen LogP contribution is -2.29. The minimum absolute atomic E-state index is 0.00260. The van der Waals surface area contributed by atoms with Crippen LogP contribution in [0.3, 0.4) is 0 Å². The number of rotatable bonds is 13. The lowest BCUT2D eigenvalue weighted by Gasteiger charge is -2.27. The van der Waals surface area contributed by atoms with Gasteiger partial charge in [-0.05, 0) is 104 Å². The van der Waals surface area contributed by atoms with Crippen LogP contribution < -0.4 is 9.47 Å². The van der Waals surface area contributed by atoms with Gasteiger partial charge in [0.2, 0.25) is 5.88 Å². The lowest BCUT2D eigenvalue weighted by atomic mass is 9.88. The fourth-order valence-electron chi connectivity index (χ4n) is 6.57. The lowest BCUT2D eigenvalue weighted by molar-refractivity contribution is -0.139. The quantitative estimate of drug-likeness (QED) is 0.218. The molecule has 0 bridgehead atoms. The molecule has 0 amide bonds. The molecule has 0 spiro atoms. The van der Waals surface area contributed by atoms with Crippen LogP contribution in [-0.4, -0.2) is 45.1 Å². The van der Waals surface area contributed by atoms with E-state index < -0.39 is 23.2 Å². The number of aliphatic hydroxyl groups excluding tert-OH is 1. The van der Waals surface area contributed by atoms with Crippen molar-refractivity contribution >= 4 is 5.97 Å². The van der Waals surface area contributed by atoms with Crippen molar-refractivity contribution in [2.45, 2.75) is 71.5 Å². The molecule has 3 aromatic rings. The third kappa shape index (κ3) is 6.53. The summed E-state index contributed by atoms with van der Waals surface area (Å²) >= 11 is 0. The van der Waals surface area contributed by atoms with Gasteiger partial charge in [0.25, 0.3) is 0 Å². The highest BCUT2D eigenvalue weighted by molar-refractivity contribution is 5.78. The van der Waals surface area contributed by atoms with Crippen molar-refractivity contribution in [1.82, 2.24) is 4.98 Å². The number of ether oxygens (including phenoxy) is 2. The molecule has 230 valence electrons. The summed E-state index contributed by atoms with van der Waals surface area (Å²) < 4.78 is 41.8. The number of aromatic nitrogens is 1. The molecule has 1 fully saturated rings. The van der Waals surface area contributed by atoms with Crippen molar-refractivity contribution in [3.05, 3.63) is 76.0 Å². The Morgan fingerprint density at radius 3 is 2.49 bits per heavy atom. The maximum atomic E-state index is 15.1. The maximum absolute atomic E-state index is 15.1. The molecular weight excluding hydrogens is 556 g/mol. The molecule has 1 heterocycles. The summed E-state index contributed by atoms with van der Waals surface area (Å²) in [7, 11) is 0. The number of hydrogen-bond donors (Lipinski definition) is 3. The Morgan fingerprint density at radius 1 is 1.12 bits per heavy atom. The standard InChI is InChI=1S/C34H39F2NO6/c1-5-34(4,41)14-20(6-7-38)16-42-23-8-18(2)30(19(3)9-23)24-11-22(27(35)13-28(24)36)17-43-29-12-21-10-25-31(26(21)15-37-29)32(25)33(39)40/h8-9,11-13,15,20,25,31-32,38,41H,5-7,10,14,16-17H2,1-4H3,(H,39,40)/t20-,25-,31-,32+,34?/m1/s1. The SMILES string of the molecule is CCC(C)(O)C[C@@H](CCO)COc1cc(C)c(-c2cc(COc3cc4c(cn3)[C@H]3[C@@H](C4)[C@@H]3C(=O)O)c(F)cc2F)c(C)c1. The molecule has 1 unspecified atom stereocenters. The summed E-state index contributed by atoms with van der Waals surface area (Å²) in [4.78, 5) is 15.7. The van der Waals surface area contributed by atoms with Gasteiger partial charge in [-0.15, -0.1) is 0 Å². The fraction of sp³-hybridized carbons (Fsp3) is 0.471. The molecule has 2 aromatic carbocycles. The summed E-state index contributed by atoms with van der Waals surface area (Å²) in [6.07, 6.45) is 3.91. The van der Waals surface area contributed by atoms with E-state index in [0.29, 0.717) is 49.5 Å². The van der Waals surface area contributed by atoms with Crippen molar-refractivity contribution in [3.63, 3.8) is 0 Å². The Morgan fingerprint density at radius 2 is 1.84 bits per heavy atom. The van der Waals surface area contributed by atoms with Crippen molar-refractivity contribution in [1.29, 1.82) is 0 Å². The van der Waals surface area contributed by atoms with Gasteiger partial charge < -0.3 is 24.8 Å². The first-order valence-electron chi connectivity index (χ1n) is 14.8. The molecule has 1 aromatic heterocycles. The van der Waals surface area contributed by atoms with E-state index in [4.69, 9.17) is 9.47 Å². The minimum Gasteiger partial charge on any atom is -0.493 e. The molecular formula is C34H39F2NO6. The summed E-state index contributed by atoms with van der Waals surface area (Å²) in [6, 6.07) is 7.73. The van der Waals surface area contributed by atoms with Gasteiger partial charge in [0.1, 0.15) is 24.0 Å². The average Bonchev–Trinajstić information content (AvgIpc) is 3.54. The van der Waals surface area contributed by atoms with Crippen molar-refractivity contribution in [2.75, 3.05) is 13.2 Å². The second kappa shape index (κ2) is 12.2. The number of nitrogens with zero attached hydrogens (tertiary/aromatic N) is 1. The van der Waals surface area contributed by atoms with Crippen molar-refractivity contribution < 1.29 is 38.4 Å². The van der Waals surface area contributed by atoms with E-state index in [0.717, 1.165) is 28.3 Å². The molecule has 0 saturated heterocycles. The molecule has 3 N–H and O–H groups in total. The monoisotopic (exact) mass is 595 g/mol. The molecule has 1 saturated carbocycles. The predicted octanol–water partition coefficient (Wildman–Crippen LogP) is 6.12. The Hall–Kier alpha value is -3.56. The number of carboxylic acids is 1. The highest BCUT2D eigenvalue weighted by Gasteiger charge is 2.59. The number of pyridine rings is 1. The third-order valence-electron chi connectivity index (χ3n) is 9.07. The largest absolute Gasteiger partial charge is 0.493 e. The molecule has 43 heavy (non-hydrogen) atoms. The van der Waals surface area contributed by atoms with Crippen LogP contribution in [0.15, 0.2) is 36.5 Å². The normalized spacial score (nSPS) is 20.6. The molecule has 0 aliphatic heterocycles. The molecule has 5 atom stereocenters. The first kappa shape index (κ1) is 30.9. The van der Waals surface area contributed by atoms with Crippen LogP contribution in [0.5, 0.6) is 11.6 Å². The average molecular weight is 596 g/mol. The molecule has 2 aliphatic rings. The Bertz CT molecular complexity index is 1500. The van der Waals surface area contributed by atoms with Crippen LogP contribution in [0.25, 0.3) is 11.1 Å². The first-order valence-corrected chi connectivity index (χ1v) is 14.8. The number of carboxylic acid groups (broad SMARTS) is 1. The van der Waals surface area contributed by atoms with E-state index in [1.165, 1.54) is 6.07 Å². The van der Waals surface area contributed by atoms with Gasteiger partial charge in [0.15, 0.2) is 0 Å². The minimum atomic E-state index is -0.844. The number of fused-ring (bicyclic) bond motifs is 3. The summed E-state index contributed by atoms with van der Waals surface area (Å²) in [5.41, 5.74) is 3.68. The number of aliphatic carboxylic acids is 1. The van der Waals surface area contributed by atoms with E-state index >= 15 is 4.39 Å². The van der Waals surface area contributed by atoms with Gasteiger partial charge in [0.05, 0.1) is 18.1 Å². The number of aliphatic hydroxyl groups is 2. The zero-order valence-corrected chi connectivity index (χ0v) is 25.0. The topological polar surface area (TPSA) is 109 Å². The highest BCUT2D eigenvalue weighted by Crippen LogP contribution is 2.61. The van der Waals surface area contributed by atoms with E-state index in [1.807, 2.05) is 32.9 Å². The van der Waals surface area contributed by atoms with Crippen molar-refractivity contribution in [3.8, 4) is 22.8 Å². The van der Waals surface area contributed by atoms with E-state index in [9.17, 15) is 24.5 Å². The molecule has 2 aliphatic carbocycles. The van der Waals surface area contributed by atoms with Crippen molar-refractivity contribution in [2.24, 2.45) is 17.8 Å². The van der Waals surface area contributed by atoms with Crippen LogP contribution in [-0.2, 0) is 17.8 Å². The zero-order chi connectivity index (χ0) is 31.1. The van der Waals surface area contributed by atoms with Crippen LogP contribution in [0.2, 0.25) is 0 Å². The van der Waals surface area contributed by atoms with Gasteiger partial charge in [-0.2, -0.15) is 0 Å². The van der Waals surface area contributed by atoms with E-state index in [2.05, 4.69) is 4.98 Å². The fourth-order valence-corrected chi connectivity index (χ4v) is 6.57. The van der Waals surface area contributed by atoms with Crippen LogP contribution in [0.1, 0.15) is 66.8 Å². The van der Waals surface area contributed by atoms with Gasteiger partial charge >= 0.3 is 5.97 Å². The molecule has 9 heteroatoms. The summed E-state index contributed by atoms with van der Waals surface area (Å²) in [5, 5.41) is 29.3. The van der Waals surface area contributed by atoms with E-state index in [-0.39, 0.29) is 48.0 Å².